The highest BCUT2D eigenvalue weighted by atomic mass is 15.2. The van der Waals surface area contributed by atoms with E-state index in [1.54, 1.807) is 0 Å². The van der Waals surface area contributed by atoms with E-state index in [0.29, 0.717) is 0 Å². The Morgan fingerprint density at radius 3 is 2.38 bits per heavy atom. The Bertz CT molecular complexity index is 877. The minimum absolute atomic E-state index is 0.858. The summed E-state index contributed by atoms with van der Waals surface area (Å²) < 4.78 is 0. The first-order valence-electron chi connectivity index (χ1n) is 10.8. The number of anilines is 1. The number of hydrogen-bond acceptors (Lipinski definition) is 4. The van der Waals surface area contributed by atoms with Crippen molar-refractivity contribution in [3.63, 3.8) is 0 Å². The van der Waals surface area contributed by atoms with Gasteiger partial charge in [-0.15, -0.1) is 10.2 Å². The van der Waals surface area contributed by atoms with E-state index < -0.39 is 0 Å². The van der Waals surface area contributed by atoms with Crippen LogP contribution in [0.4, 0.5) is 5.82 Å². The van der Waals surface area contributed by atoms with Crippen LogP contribution >= 0.6 is 0 Å². The van der Waals surface area contributed by atoms with Crippen LogP contribution in [0.15, 0.2) is 66.7 Å². The molecule has 3 aromatic rings. The fourth-order valence-corrected chi connectivity index (χ4v) is 3.96. The number of unbranched alkanes of at least 4 members (excludes halogenated alkanes) is 3. The van der Waals surface area contributed by atoms with Gasteiger partial charge in [-0.05, 0) is 49.1 Å². The van der Waals surface area contributed by atoms with E-state index in [2.05, 4.69) is 56.8 Å². The molecule has 2 aromatic carbocycles. The van der Waals surface area contributed by atoms with Gasteiger partial charge >= 0.3 is 0 Å². The molecule has 0 unspecified atom stereocenters. The third-order valence-corrected chi connectivity index (χ3v) is 5.65. The Hall–Kier alpha value is -2.72. The van der Waals surface area contributed by atoms with Gasteiger partial charge in [0.05, 0.1) is 5.69 Å². The van der Waals surface area contributed by atoms with Crippen LogP contribution in [0.3, 0.4) is 0 Å². The predicted molar refractivity (Wildman–Crippen MR) is 120 cm³/mol. The van der Waals surface area contributed by atoms with Gasteiger partial charge in [-0.1, -0.05) is 67.4 Å². The molecule has 4 rings (SSSR count). The number of hydrogen-bond donors (Lipinski definition) is 1. The van der Waals surface area contributed by atoms with Gasteiger partial charge in [-0.2, -0.15) is 0 Å². The van der Waals surface area contributed by atoms with Crippen LogP contribution in [0, 0.1) is 0 Å². The number of nitrogens with one attached hydrogen (secondary N) is 1. The Kier molecular flexibility index (Phi) is 6.87. The molecule has 0 atom stereocenters. The summed E-state index contributed by atoms with van der Waals surface area (Å²) in [5.74, 6) is 0.858. The van der Waals surface area contributed by atoms with E-state index in [9.17, 15) is 0 Å². The Balaban J connectivity index is 1.09. The zero-order chi connectivity index (χ0) is 19.7. The maximum absolute atomic E-state index is 4.33. The van der Waals surface area contributed by atoms with Crippen LogP contribution < -0.4 is 5.32 Å². The van der Waals surface area contributed by atoms with Gasteiger partial charge in [0.2, 0.25) is 0 Å². The van der Waals surface area contributed by atoms with Crippen molar-refractivity contribution in [1.82, 2.24) is 15.1 Å². The Morgan fingerprint density at radius 1 is 0.759 bits per heavy atom. The summed E-state index contributed by atoms with van der Waals surface area (Å²) in [6, 6.07) is 23.1. The molecule has 150 valence electrons. The molecule has 1 aromatic heterocycles. The first kappa shape index (κ1) is 19.6. The van der Waals surface area contributed by atoms with E-state index in [-0.39, 0.29) is 0 Å². The average Bonchev–Trinajstić information content (AvgIpc) is 2.79. The molecule has 0 fully saturated rings. The van der Waals surface area contributed by atoms with Crippen molar-refractivity contribution in [2.24, 2.45) is 0 Å². The van der Waals surface area contributed by atoms with Gasteiger partial charge in [0.25, 0.3) is 0 Å². The largest absolute Gasteiger partial charge is 0.369 e. The van der Waals surface area contributed by atoms with E-state index in [0.717, 1.165) is 30.2 Å². The van der Waals surface area contributed by atoms with E-state index in [1.807, 2.05) is 30.3 Å². The number of fused-ring (bicyclic) bond motifs is 1. The van der Waals surface area contributed by atoms with Gasteiger partial charge in [0.1, 0.15) is 5.82 Å². The SMILES string of the molecule is c1ccc(-c2ccc(NCCCCCCN3CCc4ccccc4C3)nn2)cc1. The van der Waals surface area contributed by atoms with Gasteiger partial charge in [0, 0.05) is 25.2 Å². The molecule has 0 radical (unpaired) electrons. The molecular weight excluding hydrogens is 356 g/mol. The minimum atomic E-state index is 0.858. The summed E-state index contributed by atoms with van der Waals surface area (Å²) >= 11 is 0. The van der Waals surface area contributed by atoms with Crippen LogP contribution in [0.1, 0.15) is 36.8 Å². The van der Waals surface area contributed by atoms with Crippen molar-refractivity contribution >= 4 is 5.82 Å². The Labute approximate surface area is 174 Å². The fraction of sp³-hybridized carbons (Fsp3) is 0.360. The van der Waals surface area contributed by atoms with Crippen LogP contribution in [0.2, 0.25) is 0 Å². The van der Waals surface area contributed by atoms with Crippen LogP contribution in [0.5, 0.6) is 0 Å². The molecule has 4 nitrogen and oxygen atoms in total. The number of rotatable bonds is 9. The first-order valence-corrected chi connectivity index (χ1v) is 10.8. The molecule has 4 heteroatoms. The quantitative estimate of drug-likeness (QED) is 0.515. The van der Waals surface area contributed by atoms with Crippen molar-refractivity contribution in [3.8, 4) is 11.3 Å². The second-order valence-corrected chi connectivity index (χ2v) is 7.81. The molecule has 1 aliphatic heterocycles. The molecule has 0 amide bonds. The normalized spacial score (nSPS) is 13.8. The zero-order valence-corrected chi connectivity index (χ0v) is 17.1. The second kappa shape index (κ2) is 10.2. The van der Waals surface area contributed by atoms with Gasteiger partial charge in [-0.3, -0.25) is 4.90 Å². The van der Waals surface area contributed by atoms with E-state index >= 15 is 0 Å². The lowest BCUT2D eigenvalue weighted by Crippen LogP contribution is -2.31. The zero-order valence-electron chi connectivity index (χ0n) is 17.1. The maximum Gasteiger partial charge on any atom is 0.148 e. The lowest BCUT2D eigenvalue weighted by Gasteiger charge is -2.28. The topological polar surface area (TPSA) is 41.0 Å². The summed E-state index contributed by atoms with van der Waals surface area (Å²) in [6.07, 6.45) is 6.20. The van der Waals surface area contributed by atoms with Gasteiger partial charge in [-0.25, -0.2) is 0 Å². The third-order valence-electron chi connectivity index (χ3n) is 5.65. The fourth-order valence-electron chi connectivity index (χ4n) is 3.96. The summed E-state index contributed by atoms with van der Waals surface area (Å²) in [7, 11) is 0. The van der Waals surface area contributed by atoms with E-state index in [4.69, 9.17) is 0 Å². The highest BCUT2D eigenvalue weighted by Gasteiger charge is 2.14. The second-order valence-electron chi connectivity index (χ2n) is 7.81. The van der Waals surface area contributed by atoms with E-state index in [1.165, 1.54) is 56.3 Å². The molecule has 0 saturated carbocycles. The lowest BCUT2D eigenvalue weighted by atomic mass is 10.00. The molecule has 0 bridgehead atoms. The van der Waals surface area contributed by atoms with Crippen LogP contribution in [-0.4, -0.2) is 34.7 Å². The van der Waals surface area contributed by atoms with Gasteiger partial charge < -0.3 is 5.32 Å². The lowest BCUT2D eigenvalue weighted by molar-refractivity contribution is 0.248. The summed E-state index contributed by atoms with van der Waals surface area (Å²) in [4.78, 5) is 2.60. The molecular formula is C25H30N4. The van der Waals surface area contributed by atoms with Crippen LogP contribution in [-0.2, 0) is 13.0 Å². The smallest absolute Gasteiger partial charge is 0.148 e. The molecule has 1 aliphatic rings. The summed E-state index contributed by atoms with van der Waals surface area (Å²) in [5.41, 5.74) is 5.07. The highest BCUT2D eigenvalue weighted by molar-refractivity contribution is 5.59. The minimum Gasteiger partial charge on any atom is -0.369 e. The van der Waals surface area contributed by atoms with Gasteiger partial charge in [0.15, 0.2) is 0 Å². The molecule has 29 heavy (non-hydrogen) atoms. The molecule has 0 spiro atoms. The van der Waals surface area contributed by atoms with Crippen molar-refractivity contribution in [1.29, 1.82) is 0 Å². The molecule has 2 heterocycles. The standard InChI is InChI=1S/C25H30N4/c1(2-9-18-29-19-16-21-10-6-7-13-23(21)20-29)8-17-26-25-15-14-24(27-28-25)22-11-4-3-5-12-22/h3-7,10-15H,1-2,8-9,16-20H2,(H,26,28). The first-order chi connectivity index (χ1) is 14.4. The number of benzene rings is 2. The van der Waals surface area contributed by atoms with Crippen molar-refractivity contribution < 1.29 is 0 Å². The Morgan fingerprint density at radius 2 is 1.55 bits per heavy atom. The van der Waals surface area contributed by atoms with Crippen molar-refractivity contribution in [2.45, 2.75) is 38.6 Å². The van der Waals surface area contributed by atoms with Crippen molar-refractivity contribution in [3.05, 3.63) is 77.9 Å². The molecule has 1 N–H and O–H groups in total. The average molecular weight is 387 g/mol. The third kappa shape index (κ3) is 5.64. The maximum atomic E-state index is 4.33. The monoisotopic (exact) mass is 386 g/mol. The molecule has 0 saturated heterocycles. The summed E-state index contributed by atoms with van der Waals surface area (Å²) in [5, 5.41) is 12.0. The predicted octanol–water partition coefficient (Wildman–Crippen LogP) is 5.17. The summed E-state index contributed by atoms with van der Waals surface area (Å²) in [6.45, 7) is 4.50. The highest BCUT2D eigenvalue weighted by Crippen LogP contribution is 2.19. The number of aromatic nitrogens is 2. The molecule has 0 aliphatic carbocycles. The van der Waals surface area contributed by atoms with Crippen LogP contribution in [0.25, 0.3) is 11.3 Å². The number of nitrogens with zero attached hydrogens (tertiary/aromatic N) is 3. The van der Waals surface area contributed by atoms with Crippen molar-refractivity contribution in [2.75, 3.05) is 25.0 Å².